The van der Waals surface area contributed by atoms with E-state index in [9.17, 15) is 9.90 Å². The second-order valence-corrected chi connectivity index (χ2v) is 5.85. The van der Waals surface area contributed by atoms with Gasteiger partial charge in [-0.15, -0.1) is 0 Å². The highest BCUT2D eigenvalue weighted by molar-refractivity contribution is 7.80. The fraction of sp³-hybridized carbons (Fsp3) is 0.467. The summed E-state index contributed by atoms with van der Waals surface area (Å²) in [6.07, 6.45) is 0.788. The number of aliphatic hydroxyl groups excluding tert-OH is 1. The van der Waals surface area contributed by atoms with Gasteiger partial charge in [0, 0.05) is 18.7 Å². The Morgan fingerprint density at radius 2 is 2.10 bits per heavy atom. The first-order chi connectivity index (χ1) is 9.47. The van der Waals surface area contributed by atoms with E-state index in [1.165, 1.54) is 0 Å². The lowest BCUT2D eigenvalue weighted by atomic mass is 9.95. The quantitative estimate of drug-likeness (QED) is 0.819. The number of nitrogens with zero attached hydrogens (tertiary/aromatic N) is 1. The molecular formula is C15H20N2O2S. The summed E-state index contributed by atoms with van der Waals surface area (Å²) in [7, 11) is 0. The first-order valence-electron chi connectivity index (χ1n) is 6.82. The lowest BCUT2D eigenvalue weighted by Crippen LogP contribution is -2.46. The van der Waals surface area contributed by atoms with E-state index in [1.54, 1.807) is 4.90 Å². The Morgan fingerprint density at radius 3 is 2.65 bits per heavy atom. The minimum Gasteiger partial charge on any atom is -0.391 e. The van der Waals surface area contributed by atoms with Gasteiger partial charge in [-0.2, -0.15) is 0 Å². The average Bonchev–Trinajstić information content (AvgIpc) is 2.42. The first kappa shape index (κ1) is 14.9. The molecule has 0 spiro atoms. The van der Waals surface area contributed by atoms with Crippen LogP contribution < -0.4 is 5.73 Å². The van der Waals surface area contributed by atoms with E-state index in [0.29, 0.717) is 18.0 Å². The number of amides is 1. The van der Waals surface area contributed by atoms with Crippen LogP contribution in [0.4, 0.5) is 0 Å². The number of carbonyl (C=O) groups is 1. The van der Waals surface area contributed by atoms with Crippen LogP contribution in [0, 0.1) is 5.92 Å². The van der Waals surface area contributed by atoms with Gasteiger partial charge in [0.2, 0.25) is 5.91 Å². The van der Waals surface area contributed by atoms with Gasteiger partial charge >= 0.3 is 0 Å². The van der Waals surface area contributed by atoms with E-state index >= 15 is 0 Å². The van der Waals surface area contributed by atoms with Crippen molar-refractivity contribution in [1.29, 1.82) is 0 Å². The largest absolute Gasteiger partial charge is 0.391 e. The fourth-order valence-corrected chi connectivity index (χ4v) is 2.48. The van der Waals surface area contributed by atoms with E-state index in [2.05, 4.69) is 0 Å². The van der Waals surface area contributed by atoms with E-state index in [4.69, 9.17) is 18.0 Å². The second-order valence-electron chi connectivity index (χ2n) is 5.41. The van der Waals surface area contributed by atoms with Crippen LogP contribution in [0.15, 0.2) is 24.3 Å². The van der Waals surface area contributed by atoms with Crippen LogP contribution in [-0.2, 0) is 11.2 Å². The molecule has 4 nitrogen and oxygen atoms in total. The summed E-state index contributed by atoms with van der Waals surface area (Å²) in [5.74, 6) is 0.322. The molecule has 1 aliphatic rings. The highest BCUT2D eigenvalue weighted by atomic mass is 32.1. The average molecular weight is 292 g/mol. The SMILES string of the molecule is CC1CCN(C(=O)Cc2ccc(C(N)=S)cc2)CC1O. The number of β-amino-alcohol motifs (C(OH)–C–C–N with tert-alkyl or cyclic N) is 1. The maximum absolute atomic E-state index is 12.2. The minimum atomic E-state index is -0.412. The van der Waals surface area contributed by atoms with E-state index < -0.39 is 6.10 Å². The Labute approximate surface area is 124 Å². The van der Waals surface area contributed by atoms with Crippen molar-refractivity contribution in [3.8, 4) is 0 Å². The first-order valence-corrected chi connectivity index (χ1v) is 7.23. The van der Waals surface area contributed by atoms with E-state index in [0.717, 1.165) is 24.1 Å². The zero-order valence-corrected chi connectivity index (χ0v) is 12.4. The number of piperidine rings is 1. The van der Waals surface area contributed by atoms with Crippen LogP contribution in [-0.4, -0.2) is 40.1 Å². The third kappa shape index (κ3) is 3.55. The molecule has 0 saturated carbocycles. The van der Waals surface area contributed by atoms with Crippen molar-refractivity contribution in [3.63, 3.8) is 0 Å². The van der Waals surface area contributed by atoms with Gasteiger partial charge in [-0.3, -0.25) is 4.79 Å². The number of rotatable bonds is 3. The zero-order valence-electron chi connectivity index (χ0n) is 11.6. The summed E-state index contributed by atoms with van der Waals surface area (Å²) in [5.41, 5.74) is 7.28. The Bertz CT molecular complexity index is 501. The van der Waals surface area contributed by atoms with Crippen LogP contribution in [0.1, 0.15) is 24.5 Å². The highest BCUT2D eigenvalue weighted by Crippen LogP contribution is 2.18. The monoisotopic (exact) mass is 292 g/mol. The molecule has 1 amide bonds. The molecule has 108 valence electrons. The summed E-state index contributed by atoms with van der Waals surface area (Å²) in [5, 5.41) is 9.84. The molecule has 5 heteroatoms. The molecule has 0 radical (unpaired) electrons. The number of benzene rings is 1. The standard InChI is InChI=1S/C15H20N2O2S/c1-10-6-7-17(9-13(10)18)14(19)8-11-2-4-12(5-3-11)15(16)20/h2-5,10,13,18H,6-9H2,1H3,(H2,16,20). The van der Waals surface area contributed by atoms with Crippen molar-refractivity contribution in [2.45, 2.75) is 25.9 Å². The second kappa shape index (κ2) is 6.33. The maximum Gasteiger partial charge on any atom is 0.227 e. The van der Waals surface area contributed by atoms with Crippen molar-refractivity contribution in [2.75, 3.05) is 13.1 Å². The van der Waals surface area contributed by atoms with Gasteiger partial charge in [-0.25, -0.2) is 0 Å². The van der Waals surface area contributed by atoms with E-state index in [1.807, 2.05) is 31.2 Å². The molecule has 20 heavy (non-hydrogen) atoms. The Morgan fingerprint density at radius 1 is 1.45 bits per heavy atom. The number of likely N-dealkylation sites (tertiary alicyclic amines) is 1. The molecule has 1 aromatic rings. The Hall–Kier alpha value is -1.46. The van der Waals surface area contributed by atoms with Gasteiger partial charge < -0.3 is 15.7 Å². The molecule has 0 aromatic heterocycles. The van der Waals surface area contributed by atoms with Crippen molar-refractivity contribution >= 4 is 23.1 Å². The predicted octanol–water partition coefficient (Wildman–Crippen LogP) is 1.09. The van der Waals surface area contributed by atoms with Gasteiger partial charge in [-0.05, 0) is 17.9 Å². The smallest absolute Gasteiger partial charge is 0.227 e. The summed E-state index contributed by atoms with van der Waals surface area (Å²) in [4.78, 5) is 14.3. The molecule has 1 heterocycles. The van der Waals surface area contributed by atoms with Crippen molar-refractivity contribution in [3.05, 3.63) is 35.4 Å². The van der Waals surface area contributed by atoms with Gasteiger partial charge in [0.05, 0.1) is 12.5 Å². The van der Waals surface area contributed by atoms with Gasteiger partial charge in [-0.1, -0.05) is 43.4 Å². The fourth-order valence-electron chi connectivity index (χ4n) is 2.35. The lowest BCUT2D eigenvalue weighted by Gasteiger charge is -2.34. The molecule has 2 rings (SSSR count). The predicted molar refractivity (Wildman–Crippen MR) is 82.4 cm³/mol. The van der Waals surface area contributed by atoms with Gasteiger partial charge in [0.15, 0.2) is 0 Å². The number of thiocarbonyl (C=S) groups is 1. The molecule has 1 saturated heterocycles. The lowest BCUT2D eigenvalue weighted by molar-refractivity contribution is -0.134. The van der Waals surface area contributed by atoms with Gasteiger partial charge in [0.25, 0.3) is 0 Å². The highest BCUT2D eigenvalue weighted by Gasteiger charge is 2.27. The summed E-state index contributed by atoms with van der Waals surface area (Å²) in [6.45, 7) is 3.17. The Balaban J connectivity index is 1.96. The molecule has 2 unspecified atom stereocenters. The van der Waals surface area contributed by atoms with Crippen LogP contribution in [0.25, 0.3) is 0 Å². The molecule has 0 aliphatic carbocycles. The molecule has 3 N–H and O–H groups in total. The topological polar surface area (TPSA) is 66.6 Å². The number of hydrogen-bond acceptors (Lipinski definition) is 3. The summed E-state index contributed by atoms with van der Waals surface area (Å²) >= 11 is 4.89. The molecule has 0 bridgehead atoms. The summed E-state index contributed by atoms with van der Waals surface area (Å²) < 4.78 is 0. The normalized spacial score (nSPS) is 22.6. The molecule has 1 fully saturated rings. The van der Waals surface area contributed by atoms with Crippen molar-refractivity contribution in [1.82, 2.24) is 4.90 Å². The number of hydrogen-bond donors (Lipinski definition) is 2. The van der Waals surface area contributed by atoms with Gasteiger partial charge in [0.1, 0.15) is 4.99 Å². The Kier molecular flexibility index (Phi) is 4.73. The summed E-state index contributed by atoms with van der Waals surface area (Å²) in [6, 6.07) is 7.40. The van der Waals surface area contributed by atoms with Crippen LogP contribution in [0.3, 0.4) is 0 Å². The minimum absolute atomic E-state index is 0.0547. The third-order valence-electron chi connectivity index (χ3n) is 3.87. The number of carbonyl (C=O) groups excluding carboxylic acids is 1. The number of nitrogens with two attached hydrogens (primary N) is 1. The zero-order chi connectivity index (χ0) is 14.7. The molecular weight excluding hydrogens is 272 g/mol. The van der Waals surface area contributed by atoms with Crippen LogP contribution >= 0.6 is 12.2 Å². The maximum atomic E-state index is 12.2. The van der Waals surface area contributed by atoms with Crippen LogP contribution in [0.2, 0.25) is 0 Å². The van der Waals surface area contributed by atoms with Crippen molar-refractivity contribution < 1.29 is 9.90 Å². The molecule has 1 aliphatic heterocycles. The van der Waals surface area contributed by atoms with Crippen molar-refractivity contribution in [2.24, 2.45) is 11.7 Å². The van der Waals surface area contributed by atoms with Crippen LogP contribution in [0.5, 0.6) is 0 Å². The molecule has 2 atom stereocenters. The van der Waals surface area contributed by atoms with E-state index in [-0.39, 0.29) is 11.8 Å². The molecule has 1 aromatic carbocycles. The number of aliphatic hydroxyl groups is 1. The third-order valence-corrected chi connectivity index (χ3v) is 4.10.